The number of nitrogens with one attached hydrogen (secondary N) is 1. The number of esters is 1. The third-order valence-corrected chi connectivity index (χ3v) is 7.23. The van der Waals surface area contributed by atoms with Crippen LogP contribution in [0, 0.1) is 6.92 Å². The lowest BCUT2D eigenvalue weighted by molar-refractivity contribution is -0.139. The number of hydrogen-bond acceptors (Lipinski definition) is 6. The van der Waals surface area contributed by atoms with E-state index < -0.39 is 12.0 Å². The second kappa shape index (κ2) is 9.62. The Balaban J connectivity index is 1.72. The number of nitrogens with zero attached hydrogens (tertiary/aromatic N) is 2. The van der Waals surface area contributed by atoms with Crippen molar-refractivity contribution in [2.75, 3.05) is 13.2 Å². The molecule has 184 valence electrons. The molecule has 2 aromatic heterocycles. The Bertz CT molecular complexity index is 1670. The maximum atomic E-state index is 13.8. The Kier molecular flexibility index (Phi) is 6.36. The molecule has 1 N–H and O–H groups in total. The Morgan fingerprint density at radius 1 is 1.11 bits per heavy atom. The van der Waals surface area contributed by atoms with Gasteiger partial charge in [-0.25, -0.2) is 9.79 Å². The van der Waals surface area contributed by atoms with Crippen molar-refractivity contribution in [1.82, 2.24) is 9.55 Å². The smallest absolute Gasteiger partial charge is 0.338 e. The summed E-state index contributed by atoms with van der Waals surface area (Å²) in [6.45, 7) is 8.25. The number of fused-ring (bicyclic) bond motifs is 2. The van der Waals surface area contributed by atoms with Crippen molar-refractivity contribution < 1.29 is 14.3 Å². The van der Waals surface area contributed by atoms with Crippen molar-refractivity contribution in [1.29, 1.82) is 0 Å². The SMILES string of the molecule is CCOC(=O)C1=C(C)N=c2s/c(=C\c3c(C)[nH]c4ccccc34)c(=O)n2C1c1ccc(OCC)cc1. The predicted molar refractivity (Wildman–Crippen MR) is 141 cm³/mol. The van der Waals surface area contributed by atoms with Crippen LogP contribution in [-0.4, -0.2) is 28.7 Å². The first-order valence-electron chi connectivity index (χ1n) is 11.9. The molecule has 0 bridgehead atoms. The van der Waals surface area contributed by atoms with Gasteiger partial charge in [0.05, 0.1) is 35.1 Å². The van der Waals surface area contributed by atoms with E-state index in [0.717, 1.165) is 33.5 Å². The summed E-state index contributed by atoms with van der Waals surface area (Å²) in [5.41, 5.74) is 4.46. The van der Waals surface area contributed by atoms with Crippen molar-refractivity contribution in [2.45, 2.75) is 33.7 Å². The lowest BCUT2D eigenvalue weighted by Crippen LogP contribution is -2.39. The highest BCUT2D eigenvalue weighted by Crippen LogP contribution is 2.31. The first kappa shape index (κ1) is 23.8. The van der Waals surface area contributed by atoms with E-state index >= 15 is 0 Å². The summed E-state index contributed by atoms with van der Waals surface area (Å²) in [6, 6.07) is 14.8. The van der Waals surface area contributed by atoms with Crippen molar-refractivity contribution in [3.05, 3.63) is 96.3 Å². The largest absolute Gasteiger partial charge is 0.494 e. The summed E-state index contributed by atoms with van der Waals surface area (Å²) in [5, 5.41) is 1.05. The van der Waals surface area contributed by atoms with Crippen LogP contribution in [0.5, 0.6) is 5.75 Å². The fourth-order valence-electron chi connectivity index (χ4n) is 4.64. The average molecular weight is 502 g/mol. The normalized spacial score (nSPS) is 15.7. The molecular formula is C28H27N3O4S. The maximum absolute atomic E-state index is 13.8. The molecule has 1 unspecified atom stereocenters. The molecule has 7 nitrogen and oxygen atoms in total. The van der Waals surface area contributed by atoms with E-state index in [1.807, 2.05) is 68.5 Å². The molecule has 5 rings (SSSR count). The summed E-state index contributed by atoms with van der Waals surface area (Å²) in [4.78, 5) is 35.5. The van der Waals surface area contributed by atoms with Crippen molar-refractivity contribution in [3.8, 4) is 5.75 Å². The number of para-hydroxylation sites is 1. The molecular weight excluding hydrogens is 474 g/mol. The number of benzene rings is 2. The van der Waals surface area contributed by atoms with E-state index in [1.165, 1.54) is 11.3 Å². The number of H-pyrrole nitrogens is 1. The monoisotopic (exact) mass is 501 g/mol. The number of allylic oxidation sites excluding steroid dienone is 1. The van der Waals surface area contributed by atoms with E-state index in [2.05, 4.69) is 9.98 Å². The first-order chi connectivity index (χ1) is 17.4. The van der Waals surface area contributed by atoms with Crippen LogP contribution in [0.15, 0.2) is 69.6 Å². The van der Waals surface area contributed by atoms with Gasteiger partial charge in [-0.1, -0.05) is 41.7 Å². The average Bonchev–Trinajstić information content (AvgIpc) is 3.34. The molecule has 1 aliphatic heterocycles. The molecule has 8 heteroatoms. The van der Waals surface area contributed by atoms with E-state index in [4.69, 9.17) is 9.47 Å². The van der Waals surface area contributed by atoms with Gasteiger partial charge in [-0.2, -0.15) is 0 Å². The van der Waals surface area contributed by atoms with E-state index in [-0.39, 0.29) is 12.2 Å². The minimum Gasteiger partial charge on any atom is -0.494 e. The molecule has 3 heterocycles. The van der Waals surface area contributed by atoms with Gasteiger partial charge < -0.3 is 14.5 Å². The number of ether oxygens (including phenoxy) is 2. The van der Waals surface area contributed by atoms with Crippen molar-refractivity contribution in [2.24, 2.45) is 4.99 Å². The first-order valence-corrected chi connectivity index (χ1v) is 12.7. The minimum atomic E-state index is -0.651. The van der Waals surface area contributed by atoms with Crippen LogP contribution >= 0.6 is 11.3 Å². The molecule has 2 aromatic carbocycles. The Hall–Kier alpha value is -3.91. The fraction of sp³-hybridized carbons (Fsp3) is 0.250. The van der Waals surface area contributed by atoms with Gasteiger partial charge in [-0.3, -0.25) is 9.36 Å². The zero-order valence-electron chi connectivity index (χ0n) is 20.6. The lowest BCUT2D eigenvalue weighted by atomic mass is 9.96. The topological polar surface area (TPSA) is 85.7 Å². The molecule has 0 fully saturated rings. The van der Waals surface area contributed by atoms with Gasteiger partial charge in [-0.05, 0) is 57.5 Å². The number of rotatable bonds is 6. The van der Waals surface area contributed by atoms with E-state index in [9.17, 15) is 9.59 Å². The summed E-state index contributed by atoms with van der Waals surface area (Å²) in [6.07, 6.45) is 1.91. The molecule has 1 aliphatic rings. The Morgan fingerprint density at radius 3 is 2.58 bits per heavy atom. The van der Waals surface area contributed by atoms with Gasteiger partial charge in [0.15, 0.2) is 4.80 Å². The van der Waals surface area contributed by atoms with Gasteiger partial charge in [0.25, 0.3) is 5.56 Å². The highest BCUT2D eigenvalue weighted by Gasteiger charge is 2.33. The minimum absolute atomic E-state index is 0.198. The molecule has 0 amide bonds. The van der Waals surface area contributed by atoms with Crippen LogP contribution in [0.3, 0.4) is 0 Å². The Labute approximate surface area is 212 Å². The number of carbonyl (C=O) groups excluding carboxylic acids is 1. The molecule has 0 radical (unpaired) electrons. The lowest BCUT2D eigenvalue weighted by Gasteiger charge is -2.24. The molecule has 0 aliphatic carbocycles. The molecule has 36 heavy (non-hydrogen) atoms. The van der Waals surface area contributed by atoms with E-state index in [1.54, 1.807) is 18.4 Å². The van der Waals surface area contributed by atoms with Crippen molar-refractivity contribution in [3.63, 3.8) is 0 Å². The van der Waals surface area contributed by atoms with Gasteiger partial charge >= 0.3 is 5.97 Å². The number of hydrogen-bond donors (Lipinski definition) is 1. The molecule has 1 atom stereocenters. The predicted octanol–water partition coefficient (Wildman–Crippen LogP) is 3.99. The van der Waals surface area contributed by atoms with Gasteiger partial charge in [-0.15, -0.1) is 0 Å². The highest BCUT2D eigenvalue weighted by molar-refractivity contribution is 7.07. The van der Waals surface area contributed by atoms with Crippen LogP contribution in [0.4, 0.5) is 0 Å². The third-order valence-electron chi connectivity index (χ3n) is 6.24. The van der Waals surface area contributed by atoms with Gasteiger partial charge in [0.2, 0.25) is 0 Å². The number of aromatic nitrogens is 2. The number of aromatic amines is 1. The van der Waals surface area contributed by atoms with Crippen LogP contribution in [0.25, 0.3) is 17.0 Å². The van der Waals surface area contributed by atoms with Crippen LogP contribution in [0.1, 0.15) is 43.6 Å². The number of aryl methyl sites for hydroxylation is 1. The third kappa shape index (κ3) is 4.07. The molecule has 0 spiro atoms. The van der Waals surface area contributed by atoms with Crippen LogP contribution < -0.4 is 19.6 Å². The molecule has 4 aromatic rings. The number of carbonyl (C=O) groups is 1. The summed E-state index contributed by atoms with van der Waals surface area (Å²) >= 11 is 1.32. The zero-order chi connectivity index (χ0) is 25.4. The Morgan fingerprint density at radius 2 is 1.86 bits per heavy atom. The standard InChI is InChI=1S/C28H27N3O4S/c1-5-34-19-13-11-18(12-14-19)25-24(27(33)35-6-2)17(4)30-28-31(25)26(32)23(36-28)15-21-16(3)29-22-10-8-7-9-20(21)22/h7-15,25,29H,5-6H2,1-4H3/b23-15-. The van der Waals surface area contributed by atoms with Gasteiger partial charge in [0.1, 0.15) is 5.75 Å². The molecule has 0 saturated heterocycles. The summed E-state index contributed by atoms with van der Waals surface area (Å²) < 4.78 is 13.1. The highest BCUT2D eigenvalue weighted by atomic mass is 32.1. The number of thiazole rings is 1. The van der Waals surface area contributed by atoms with Crippen LogP contribution in [0.2, 0.25) is 0 Å². The summed E-state index contributed by atoms with van der Waals surface area (Å²) in [7, 11) is 0. The fourth-order valence-corrected chi connectivity index (χ4v) is 5.66. The summed E-state index contributed by atoms with van der Waals surface area (Å²) in [5.74, 6) is 0.251. The quantitative estimate of drug-likeness (QED) is 0.405. The zero-order valence-corrected chi connectivity index (χ0v) is 21.4. The molecule has 0 saturated carbocycles. The van der Waals surface area contributed by atoms with Crippen molar-refractivity contribution >= 4 is 34.3 Å². The van der Waals surface area contributed by atoms with E-state index in [0.29, 0.717) is 27.2 Å². The maximum Gasteiger partial charge on any atom is 0.338 e. The van der Waals surface area contributed by atoms with Gasteiger partial charge in [0, 0.05) is 22.2 Å². The second-order valence-electron chi connectivity index (χ2n) is 8.51. The second-order valence-corrected chi connectivity index (χ2v) is 9.52. The van der Waals surface area contributed by atoms with Crippen LogP contribution in [-0.2, 0) is 9.53 Å².